The summed E-state index contributed by atoms with van der Waals surface area (Å²) in [5, 5.41) is 0. The Morgan fingerprint density at radius 1 is 0.611 bits per heavy atom. The van der Waals surface area contributed by atoms with Crippen LogP contribution in [-0.2, 0) is 9.47 Å². The quantitative estimate of drug-likeness (QED) is 0.705. The predicted octanol–water partition coefficient (Wildman–Crippen LogP) is 3.95. The minimum Gasteiger partial charge on any atom is -0.381 e. The number of allylic oxidation sites excluding steroid dienone is 2. The molecule has 2 fully saturated rings. The first-order valence-corrected chi connectivity index (χ1v) is 7.55. The van der Waals surface area contributed by atoms with Crippen molar-refractivity contribution in [3.63, 3.8) is 0 Å². The average molecular weight is 252 g/mol. The van der Waals surface area contributed by atoms with Gasteiger partial charge in [-0.1, -0.05) is 12.2 Å². The Morgan fingerprint density at radius 2 is 0.944 bits per heavy atom. The molecule has 2 aliphatic rings. The van der Waals surface area contributed by atoms with Crippen molar-refractivity contribution >= 4 is 0 Å². The van der Waals surface area contributed by atoms with E-state index in [-0.39, 0.29) is 0 Å². The van der Waals surface area contributed by atoms with Crippen LogP contribution < -0.4 is 0 Å². The Labute approximate surface area is 112 Å². The highest BCUT2D eigenvalue weighted by atomic mass is 16.5. The van der Waals surface area contributed by atoms with Gasteiger partial charge in [0.25, 0.3) is 0 Å². The maximum Gasteiger partial charge on any atom is 0.0571 e. The molecule has 2 aliphatic carbocycles. The number of methoxy groups -OCH3 is 2. The van der Waals surface area contributed by atoms with Gasteiger partial charge in [0.1, 0.15) is 0 Å². The number of hydrogen-bond donors (Lipinski definition) is 0. The zero-order valence-corrected chi connectivity index (χ0v) is 11.9. The molecule has 0 aliphatic heterocycles. The van der Waals surface area contributed by atoms with Gasteiger partial charge in [-0.05, 0) is 63.2 Å². The molecule has 0 bridgehead atoms. The number of rotatable bonds is 4. The molecule has 0 aromatic heterocycles. The average Bonchev–Trinajstić information content (AvgIpc) is 2.46. The standard InChI is InChI=1S/C16H28O2/c1-17-15-9-5-13(6-10-15)3-4-14-7-11-16(18-2)12-8-14/h3-4,13-16H,5-12H2,1-2H3. The summed E-state index contributed by atoms with van der Waals surface area (Å²) in [6.07, 6.45) is 16.2. The lowest BCUT2D eigenvalue weighted by atomic mass is 9.83. The third-order valence-corrected chi connectivity index (χ3v) is 4.76. The zero-order valence-electron chi connectivity index (χ0n) is 11.9. The van der Waals surface area contributed by atoms with Gasteiger partial charge in [0.2, 0.25) is 0 Å². The van der Waals surface area contributed by atoms with Crippen molar-refractivity contribution < 1.29 is 9.47 Å². The van der Waals surface area contributed by atoms with Crippen LogP contribution in [-0.4, -0.2) is 26.4 Å². The summed E-state index contributed by atoms with van der Waals surface area (Å²) < 4.78 is 10.8. The van der Waals surface area contributed by atoms with Crippen molar-refractivity contribution in [3.8, 4) is 0 Å². The highest BCUT2D eigenvalue weighted by molar-refractivity contribution is 4.96. The molecule has 0 unspecified atom stereocenters. The zero-order chi connectivity index (χ0) is 12.8. The summed E-state index contributed by atoms with van der Waals surface area (Å²) in [7, 11) is 3.68. The Kier molecular flexibility index (Phi) is 5.71. The Bertz CT molecular complexity index is 220. The molecule has 0 atom stereocenters. The normalized spacial score (nSPS) is 38.1. The van der Waals surface area contributed by atoms with Gasteiger partial charge in [0.15, 0.2) is 0 Å². The summed E-state index contributed by atoms with van der Waals surface area (Å²) in [6.45, 7) is 0. The second-order valence-electron chi connectivity index (χ2n) is 5.93. The molecule has 0 amide bonds. The van der Waals surface area contributed by atoms with E-state index in [1.807, 2.05) is 14.2 Å². The molecule has 0 heterocycles. The molecule has 18 heavy (non-hydrogen) atoms. The first-order chi connectivity index (χ1) is 8.81. The topological polar surface area (TPSA) is 18.5 Å². The highest BCUT2D eigenvalue weighted by Crippen LogP contribution is 2.30. The van der Waals surface area contributed by atoms with Crippen LogP contribution >= 0.6 is 0 Å². The molecule has 0 N–H and O–H groups in total. The molecule has 0 radical (unpaired) electrons. The number of ether oxygens (including phenoxy) is 2. The third-order valence-electron chi connectivity index (χ3n) is 4.76. The fourth-order valence-corrected chi connectivity index (χ4v) is 3.35. The van der Waals surface area contributed by atoms with Crippen LogP contribution in [0.2, 0.25) is 0 Å². The summed E-state index contributed by atoms with van der Waals surface area (Å²) >= 11 is 0. The van der Waals surface area contributed by atoms with Crippen LogP contribution in [0.3, 0.4) is 0 Å². The van der Waals surface area contributed by atoms with Gasteiger partial charge in [0, 0.05) is 14.2 Å². The van der Waals surface area contributed by atoms with E-state index in [0.29, 0.717) is 12.2 Å². The van der Waals surface area contributed by atoms with E-state index in [1.165, 1.54) is 51.4 Å². The smallest absolute Gasteiger partial charge is 0.0571 e. The third kappa shape index (κ3) is 4.10. The minimum absolute atomic E-state index is 0.520. The fraction of sp³-hybridized carbons (Fsp3) is 0.875. The van der Waals surface area contributed by atoms with E-state index in [9.17, 15) is 0 Å². The van der Waals surface area contributed by atoms with Crippen molar-refractivity contribution in [2.24, 2.45) is 11.8 Å². The van der Waals surface area contributed by atoms with E-state index < -0.39 is 0 Å². The molecule has 104 valence electrons. The van der Waals surface area contributed by atoms with Crippen molar-refractivity contribution in [2.45, 2.75) is 63.6 Å². The van der Waals surface area contributed by atoms with Crippen LogP contribution in [0.15, 0.2) is 12.2 Å². The van der Waals surface area contributed by atoms with Crippen LogP contribution in [0.4, 0.5) is 0 Å². The molecule has 2 nitrogen and oxygen atoms in total. The van der Waals surface area contributed by atoms with E-state index in [4.69, 9.17) is 9.47 Å². The number of hydrogen-bond acceptors (Lipinski definition) is 2. The summed E-state index contributed by atoms with van der Waals surface area (Å²) in [6, 6.07) is 0. The van der Waals surface area contributed by atoms with E-state index >= 15 is 0 Å². The molecule has 0 aromatic carbocycles. The van der Waals surface area contributed by atoms with Crippen LogP contribution in [0.5, 0.6) is 0 Å². The monoisotopic (exact) mass is 252 g/mol. The Balaban J connectivity index is 1.69. The highest BCUT2D eigenvalue weighted by Gasteiger charge is 2.21. The maximum atomic E-state index is 5.42. The first-order valence-electron chi connectivity index (χ1n) is 7.55. The summed E-state index contributed by atoms with van der Waals surface area (Å²) in [4.78, 5) is 0. The lowest BCUT2D eigenvalue weighted by Crippen LogP contribution is -2.20. The van der Waals surface area contributed by atoms with Gasteiger partial charge in [-0.2, -0.15) is 0 Å². The minimum atomic E-state index is 0.520. The van der Waals surface area contributed by atoms with Crippen molar-refractivity contribution in [1.82, 2.24) is 0 Å². The lowest BCUT2D eigenvalue weighted by Gasteiger charge is -2.27. The Hall–Kier alpha value is -0.340. The van der Waals surface area contributed by atoms with Crippen LogP contribution in [0, 0.1) is 11.8 Å². The molecule has 2 saturated carbocycles. The molecule has 0 saturated heterocycles. The van der Waals surface area contributed by atoms with Crippen LogP contribution in [0.25, 0.3) is 0 Å². The van der Waals surface area contributed by atoms with Gasteiger partial charge in [0.05, 0.1) is 12.2 Å². The molecule has 2 heteroatoms. The fourth-order valence-electron chi connectivity index (χ4n) is 3.35. The predicted molar refractivity (Wildman–Crippen MR) is 74.7 cm³/mol. The van der Waals surface area contributed by atoms with E-state index in [2.05, 4.69) is 12.2 Å². The summed E-state index contributed by atoms with van der Waals surface area (Å²) in [5.74, 6) is 1.60. The van der Waals surface area contributed by atoms with Crippen molar-refractivity contribution in [1.29, 1.82) is 0 Å². The lowest BCUT2D eigenvalue weighted by molar-refractivity contribution is 0.0608. The van der Waals surface area contributed by atoms with E-state index in [1.54, 1.807) is 0 Å². The van der Waals surface area contributed by atoms with Gasteiger partial charge >= 0.3 is 0 Å². The molecular formula is C16H28O2. The first kappa shape index (κ1) is 14.1. The van der Waals surface area contributed by atoms with Gasteiger partial charge < -0.3 is 9.47 Å². The SMILES string of the molecule is COC1CCC(C=CC2CCC(OC)CC2)CC1. The van der Waals surface area contributed by atoms with E-state index in [0.717, 1.165) is 11.8 Å². The molecule has 0 aromatic rings. The van der Waals surface area contributed by atoms with Gasteiger partial charge in [-0.3, -0.25) is 0 Å². The molecule has 2 rings (SSSR count). The molecular weight excluding hydrogens is 224 g/mol. The largest absolute Gasteiger partial charge is 0.381 e. The summed E-state index contributed by atoms with van der Waals surface area (Å²) in [5.41, 5.74) is 0. The van der Waals surface area contributed by atoms with Crippen molar-refractivity contribution in [3.05, 3.63) is 12.2 Å². The Morgan fingerprint density at radius 3 is 1.22 bits per heavy atom. The van der Waals surface area contributed by atoms with Crippen molar-refractivity contribution in [2.75, 3.05) is 14.2 Å². The van der Waals surface area contributed by atoms with Gasteiger partial charge in [-0.15, -0.1) is 0 Å². The van der Waals surface area contributed by atoms with Gasteiger partial charge in [-0.25, -0.2) is 0 Å². The maximum absolute atomic E-state index is 5.42. The molecule has 0 spiro atoms. The second-order valence-corrected chi connectivity index (χ2v) is 5.93. The second kappa shape index (κ2) is 7.30. The van der Waals surface area contributed by atoms with Crippen LogP contribution in [0.1, 0.15) is 51.4 Å².